The predicted molar refractivity (Wildman–Crippen MR) is 67.0 cm³/mol. The highest BCUT2D eigenvalue weighted by molar-refractivity contribution is 7.07. The van der Waals surface area contributed by atoms with E-state index in [1.54, 1.807) is 17.6 Å². The lowest BCUT2D eigenvalue weighted by molar-refractivity contribution is 0.274. The average molecular weight is 255 g/mol. The van der Waals surface area contributed by atoms with Crippen LogP contribution in [0, 0.1) is 0 Å². The van der Waals surface area contributed by atoms with Gasteiger partial charge in [-0.05, 0) is 24.3 Å². The van der Waals surface area contributed by atoms with Gasteiger partial charge in [-0.25, -0.2) is 4.98 Å². The van der Waals surface area contributed by atoms with Crippen molar-refractivity contribution >= 4 is 28.6 Å². The van der Waals surface area contributed by atoms with E-state index < -0.39 is 0 Å². The summed E-state index contributed by atoms with van der Waals surface area (Å²) < 4.78 is 0. The number of aromatic nitrogens is 1. The van der Waals surface area contributed by atoms with E-state index in [9.17, 15) is 5.11 Å². The summed E-state index contributed by atoms with van der Waals surface area (Å²) in [4.78, 5) is 4.17. The van der Waals surface area contributed by atoms with Crippen LogP contribution in [0.5, 0.6) is 0 Å². The van der Waals surface area contributed by atoms with Gasteiger partial charge in [-0.15, -0.1) is 11.3 Å². The second-order valence-corrected chi connectivity index (χ2v) is 4.45. The highest BCUT2D eigenvalue weighted by Gasteiger charge is 2.11. The third-order valence-corrected chi connectivity index (χ3v) is 3.03. The maximum Gasteiger partial charge on any atom is 0.0926 e. The van der Waals surface area contributed by atoms with Crippen LogP contribution < -0.4 is 5.32 Å². The van der Waals surface area contributed by atoms with Crippen molar-refractivity contribution < 1.29 is 5.11 Å². The SMILES string of the molecule is OCC(Nc1ccc(Cl)cc1)c1cscn1. The van der Waals surface area contributed by atoms with Crippen molar-refractivity contribution in [2.45, 2.75) is 6.04 Å². The van der Waals surface area contributed by atoms with Gasteiger partial charge in [-0.2, -0.15) is 0 Å². The smallest absolute Gasteiger partial charge is 0.0926 e. The van der Waals surface area contributed by atoms with Gasteiger partial charge in [0, 0.05) is 16.1 Å². The molecule has 3 nitrogen and oxygen atoms in total. The molecule has 1 heterocycles. The fourth-order valence-electron chi connectivity index (χ4n) is 1.35. The van der Waals surface area contributed by atoms with Crippen LogP contribution in [-0.2, 0) is 0 Å². The fraction of sp³-hybridized carbons (Fsp3) is 0.182. The number of thiazole rings is 1. The minimum absolute atomic E-state index is 0.00631. The summed E-state index contributed by atoms with van der Waals surface area (Å²) in [6.45, 7) is 0.00631. The fourth-order valence-corrected chi connectivity index (χ4v) is 2.09. The minimum Gasteiger partial charge on any atom is -0.394 e. The Bertz CT molecular complexity index is 430. The Labute approximate surface area is 103 Å². The van der Waals surface area contributed by atoms with Crippen LogP contribution in [0.3, 0.4) is 0 Å². The van der Waals surface area contributed by atoms with E-state index in [4.69, 9.17) is 11.6 Å². The van der Waals surface area contributed by atoms with E-state index in [0.29, 0.717) is 5.02 Å². The minimum atomic E-state index is -0.174. The molecule has 2 N–H and O–H groups in total. The molecule has 16 heavy (non-hydrogen) atoms. The van der Waals surface area contributed by atoms with Gasteiger partial charge in [0.2, 0.25) is 0 Å². The van der Waals surface area contributed by atoms with Gasteiger partial charge in [0.15, 0.2) is 0 Å². The van der Waals surface area contributed by atoms with E-state index in [1.807, 2.05) is 17.5 Å². The predicted octanol–water partition coefficient (Wildman–Crippen LogP) is 2.94. The summed E-state index contributed by atoms with van der Waals surface area (Å²) in [5.74, 6) is 0. The maximum atomic E-state index is 9.29. The molecule has 0 radical (unpaired) electrons. The Morgan fingerprint density at radius 1 is 1.38 bits per heavy atom. The van der Waals surface area contributed by atoms with Crippen molar-refractivity contribution in [1.82, 2.24) is 4.98 Å². The number of hydrogen-bond donors (Lipinski definition) is 2. The highest BCUT2D eigenvalue weighted by Crippen LogP contribution is 2.20. The number of anilines is 1. The van der Waals surface area contributed by atoms with Crippen molar-refractivity contribution in [3.8, 4) is 0 Å². The van der Waals surface area contributed by atoms with Crippen LogP contribution >= 0.6 is 22.9 Å². The van der Waals surface area contributed by atoms with Gasteiger partial charge in [0.25, 0.3) is 0 Å². The Morgan fingerprint density at radius 2 is 2.12 bits per heavy atom. The van der Waals surface area contributed by atoms with E-state index in [1.165, 1.54) is 11.3 Å². The van der Waals surface area contributed by atoms with Gasteiger partial charge in [0.05, 0.1) is 23.9 Å². The first-order valence-electron chi connectivity index (χ1n) is 4.80. The Morgan fingerprint density at radius 3 is 2.69 bits per heavy atom. The number of hydrogen-bond acceptors (Lipinski definition) is 4. The summed E-state index contributed by atoms with van der Waals surface area (Å²) in [6, 6.07) is 7.18. The Hall–Kier alpha value is -1.10. The molecule has 0 aliphatic rings. The van der Waals surface area contributed by atoms with Crippen LogP contribution in [0.2, 0.25) is 5.02 Å². The normalized spacial score (nSPS) is 12.4. The first-order chi connectivity index (χ1) is 7.79. The molecular formula is C11H11ClN2OS. The van der Waals surface area contributed by atoms with E-state index in [2.05, 4.69) is 10.3 Å². The molecule has 1 atom stereocenters. The number of aliphatic hydroxyl groups excluding tert-OH is 1. The topological polar surface area (TPSA) is 45.1 Å². The quantitative estimate of drug-likeness (QED) is 0.882. The summed E-state index contributed by atoms with van der Waals surface area (Å²) in [6.07, 6.45) is 0. The summed E-state index contributed by atoms with van der Waals surface area (Å²) >= 11 is 7.31. The molecule has 1 unspecified atom stereocenters. The average Bonchev–Trinajstić information content (AvgIpc) is 2.82. The monoisotopic (exact) mass is 254 g/mol. The number of benzene rings is 1. The molecule has 2 rings (SSSR count). The highest BCUT2D eigenvalue weighted by atomic mass is 35.5. The van der Waals surface area contributed by atoms with Crippen LogP contribution in [0.25, 0.3) is 0 Å². The number of rotatable bonds is 4. The first-order valence-corrected chi connectivity index (χ1v) is 6.12. The second-order valence-electron chi connectivity index (χ2n) is 3.30. The Kier molecular flexibility index (Phi) is 3.77. The van der Waals surface area contributed by atoms with Gasteiger partial charge in [-0.1, -0.05) is 11.6 Å². The lowest BCUT2D eigenvalue weighted by Gasteiger charge is -2.15. The second kappa shape index (κ2) is 5.30. The Balaban J connectivity index is 2.10. The number of nitrogens with zero attached hydrogens (tertiary/aromatic N) is 1. The molecule has 0 fully saturated rings. The third kappa shape index (κ3) is 2.72. The van der Waals surface area contributed by atoms with Gasteiger partial charge < -0.3 is 10.4 Å². The van der Waals surface area contributed by atoms with Crippen LogP contribution in [0.4, 0.5) is 5.69 Å². The van der Waals surface area contributed by atoms with Crippen LogP contribution in [0.15, 0.2) is 35.2 Å². The molecule has 0 spiro atoms. The van der Waals surface area contributed by atoms with Gasteiger partial charge >= 0.3 is 0 Å². The molecule has 0 aliphatic heterocycles. The summed E-state index contributed by atoms with van der Waals surface area (Å²) in [7, 11) is 0. The molecule has 0 amide bonds. The number of aliphatic hydroxyl groups is 1. The molecule has 0 aliphatic carbocycles. The molecular weight excluding hydrogens is 244 g/mol. The molecule has 0 bridgehead atoms. The number of halogens is 1. The van der Waals surface area contributed by atoms with Gasteiger partial charge in [-0.3, -0.25) is 0 Å². The van der Waals surface area contributed by atoms with Crippen molar-refractivity contribution in [2.75, 3.05) is 11.9 Å². The molecule has 0 saturated heterocycles. The molecule has 2 aromatic rings. The van der Waals surface area contributed by atoms with Crippen molar-refractivity contribution in [3.63, 3.8) is 0 Å². The summed E-state index contributed by atoms with van der Waals surface area (Å²) in [5.41, 5.74) is 3.51. The standard InChI is InChI=1S/C11H11ClN2OS/c12-8-1-3-9(4-2-8)14-10(5-15)11-6-16-7-13-11/h1-4,6-7,10,14-15H,5H2. The molecule has 1 aromatic heterocycles. The molecule has 5 heteroatoms. The maximum absolute atomic E-state index is 9.29. The van der Waals surface area contributed by atoms with E-state index >= 15 is 0 Å². The largest absolute Gasteiger partial charge is 0.394 e. The lowest BCUT2D eigenvalue weighted by atomic mass is 10.2. The zero-order valence-corrected chi connectivity index (χ0v) is 10.0. The van der Waals surface area contributed by atoms with Crippen molar-refractivity contribution in [2.24, 2.45) is 0 Å². The molecule has 1 aromatic carbocycles. The van der Waals surface area contributed by atoms with Gasteiger partial charge in [0.1, 0.15) is 0 Å². The van der Waals surface area contributed by atoms with Crippen LogP contribution in [-0.4, -0.2) is 16.7 Å². The summed E-state index contributed by atoms with van der Waals surface area (Å²) in [5, 5.41) is 15.1. The van der Waals surface area contributed by atoms with Crippen molar-refractivity contribution in [3.05, 3.63) is 45.9 Å². The zero-order chi connectivity index (χ0) is 11.4. The molecule has 84 valence electrons. The van der Waals surface area contributed by atoms with E-state index in [-0.39, 0.29) is 12.6 Å². The number of nitrogens with one attached hydrogen (secondary N) is 1. The first kappa shape index (κ1) is 11.4. The third-order valence-electron chi connectivity index (χ3n) is 2.18. The van der Waals surface area contributed by atoms with Crippen LogP contribution in [0.1, 0.15) is 11.7 Å². The molecule has 0 saturated carbocycles. The zero-order valence-electron chi connectivity index (χ0n) is 8.43. The van der Waals surface area contributed by atoms with E-state index in [0.717, 1.165) is 11.4 Å². The van der Waals surface area contributed by atoms with Crippen molar-refractivity contribution in [1.29, 1.82) is 0 Å². The lowest BCUT2D eigenvalue weighted by Crippen LogP contribution is -2.14.